The van der Waals surface area contributed by atoms with Crippen LogP contribution in [0.25, 0.3) is 0 Å². The van der Waals surface area contributed by atoms with Crippen molar-refractivity contribution in [2.24, 2.45) is 0 Å². The highest BCUT2D eigenvalue weighted by molar-refractivity contribution is 5.78. The van der Waals surface area contributed by atoms with E-state index in [0.29, 0.717) is 6.54 Å². The molecule has 2 rings (SSSR count). The van der Waals surface area contributed by atoms with Crippen LogP contribution in [0.2, 0.25) is 0 Å². The minimum atomic E-state index is -0.0340. The Bertz CT molecular complexity index is 581. The molecular weight excluding hydrogens is 280 g/mol. The molecule has 1 aromatic carbocycles. The molecular formula is C17H22N2O3. The molecule has 2 N–H and O–H groups in total. The molecule has 0 aliphatic rings. The van der Waals surface area contributed by atoms with Gasteiger partial charge in [0, 0.05) is 6.54 Å². The van der Waals surface area contributed by atoms with E-state index in [1.807, 2.05) is 43.3 Å². The molecule has 0 bridgehead atoms. The van der Waals surface area contributed by atoms with Gasteiger partial charge in [0.05, 0.1) is 26.0 Å². The molecule has 5 heteroatoms. The van der Waals surface area contributed by atoms with Crippen LogP contribution in [-0.2, 0) is 11.2 Å². The van der Waals surface area contributed by atoms with Crippen LogP contribution < -0.4 is 15.4 Å². The van der Waals surface area contributed by atoms with Gasteiger partial charge in [0.1, 0.15) is 11.5 Å². The SMILES string of the molecule is COc1ccccc1CCNC(=O)CN[C@H](C)c1ccco1. The molecule has 0 unspecified atom stereocenters. The summed E-state index contributed by atoms with van der Waals surface area (Å²) in [5.41, 5.74) is 1.09. The molecule has 0 radical (unpaired) electrons. The monoisotopic (exact) mass is 302 g/mol. The lowest BCUT2D eigenvalue weighted by Gasteiger charge is -2.12. The Morgan fingerprint density at radius 2 is 2.09 bits per heavy atom. The fourth-order valence-corrected chi connectivity index (χ4v) is 2.19. The van der Waals surface area contributed by atoms with E-state index in [1.54, 1.807) is 13.4 Å². The van der Waals surface area contributed by atoms with Crippen molar-refractivity contribution in [3.05, 3.63) is 54.0 Å². The van der Waals surface area contributed by atoms with Gasteiger partial charge in [-0.3, -0.25) is 10.1 Å². The number of furan rings is 1. The van der Waals surface area contributed by atoms with Crippen molar-refractivity contribution in [3.63, 3.8) is 0 Å². The first-order valence-corrected chi connectivity index (χ1v) is 7.36. The van der Waals surface area contributed by atoms with Crippen molar-refractivity contribution < 1.29 is 13.9 Å². The van der Waals surface area contributed by atoms with Gasteiger partial charge >= 0.3 is 0 Å². The summed E-state index contributed by atoms with van der Waals surface area (Å²) in [7, 11) is 1.65. The first-order chi connectivity index (χ1) is 10.7. The molecule has 1 heterocycles. The predicted molar refractivity (Wildman–Crippen MR) is 84.8 cm³/mol. The number of rotatable bonds is 8. The molecule has 0 spiro atoms. The largest absolute Gasteiger partial charge is 0.496 e. The van der Waals surface area contributed by atoms with Crippen molar-refractivity contribution in [3.8, 4) is 5.75 Å². The van der Waals surface area contributed by atoms with Crippen LogP contribution in [0.3, 0.4) is 0 Å². The zero-order chi connectivity index (χ0) is 15.8. The van der Waals surface area contributed by atoms with E-state index < -0.39 is 0 Å². The predicted octanol–water partition coefficient (Wildman–Crippen LogP) is 2.30. The third kappa shape index (κ3) is 4.63. The van der Waals surface area contributed by atoms with Crippen LogP contribution in [-0.4, -0.2) is 26.1 Å². The number of carbonyl (C=O) groups excluding carboxylic acids is 1. The topological polar surface area (TPSA) is 63.5 Å². The smallest absolute Gasteiger partial charge is 0.233 e. The van der Waals surface area contributed by atoms with E-state index in [9.17, 15) is 4.79 Å². The average Bonchev–Trinajstić information content (AvgIpc) is 3.07. The number of ether oxygens (including phenoxy) is 1. The fraction of sp³-hybridized carbons (Fsp3) is 0.353. The normalized spacial score (nSPS) is 11.9. The maximum Gasteiger partial charge on any atom is 0.233 e. The second-order valence-corrected chi connectivity index (χ2v) is 5.03. The Hall–Kier alpha value is -2.27. The van der Waals surface area contributed by atoms with Gasteiger partial charge in [-0.2, -0.15) is 0 Å². The molecule has 0 fully saturated rings. The summed E-state index contributed by atoms with van der Waals surface area (Å²) >= 11 is 0. The lowest BCUT2D eigenvalue weighted by atomic mass is 10.1. The van der Waals surface area contributed by atoms with Crippen molar-refractivity contribution in [1.82, 2.24) is 10.6 Å². The molecule has 0 saturated heterocycles. The molecule has 118 valence electrons. The third-order valence-corrected chi connectivity index (χ3v) is 3.45. The van der Waals surface area contributed by atoms with Crippen molar-refractivity contribution >= 4 is 5.91 Å². The van der Waals surface area contributed by atoms with Gasteiger partial charge < -0.3 is 14.5 Å². The Morgan fingerprint density at radius 3 is 2.82 bits per heavy atom. The number of amides is 1. The highest BCUT2D eigenvalue weighted by atomic mass is 16.5. The number of hydrogen-bond donors (Lipinski definition) is 2. The Balaban J connectivity index is 1.69. The summed E-state index contributed by atoms with van der Waals surface area (Å²) in [6.45, 7) is 2.80. The fourth-order valence-electron chi connectivity index (χ4n) is 2.19. The number of hydrogen-bond acceptors (Lipinski definition) is 4. The number of carbonyl (C=O) groups is 1. The second-order valence-electron chi connectivity index (χ2n) is 5.03. The quantitative estimate of drug-likeness (QED) is 0.785. The summed E-state index contributed by atoms with van der Waals surface area (Å²) in [6, 6.07) is 11.5. The summed E-state index contributed by atoms with van der Waals surface area (Å²) in [6.07, 6.45) is 2.37. The lowest BCUT2D eigenvalue weighted by Crippen LogP contribution is -2.35. The number of methoxy groups -OCH3 is 1. The van der Waals surface area contributed by atoms with E-state index in [1.165, 1.54) is 0 Å². The lowest BCUT2D eigenvalue weighted by molar-refractivity contribution is -0.120. The minimum absolute atomic E-state index is 0.00923. The number of nitrogens with one attached hydrogen (secondary N) is 2. The Labute approximate surface area is 130 Å². The molecule has 22 heavy (non-hydrogen) atoms. The summed E-state index contributed by atoms with van der Waals surface area (Å²) in [5, 5.41) is 6.02. The molecule has 5 nitrogen and oxygen atoms in total. The molecule has 0 aliphatic carbocycles. The van der Waals surface area contributed by atoms with Gasteiger partial charge in [-0.05, 0) is 37.1 Å². The van der Waals surface area contributed by atoms with E-state index >= 15 is 0 Å². The molecule has 1 aromatic heterocycles. The number of benzene rings is 1. The first kappa shape index (κ1) is 16.1. The van der Waals surface area contributed by atoms with Crippen molar-refractivity contribution in [1.29, 1.82) is 0 Å². The molecule has 1 atom stereocenters. The molecule has 2 aromatic rings. The highest BCUT2D eigenvalue weighted by Crippen LogP contribution is 2.17. The van der Waals surface area contributed by atoms with Gasteiger partial charge in [0.2, 0.25) is 5.91 Å². The van der Waals surface area contributed by atoms with Crippen LogP contribution in [0.5, 0.6) is 5.75 Å². The third-order valence-electron chi connectivity index (χ3n) is 3.45. The van der Waals surface area contributed by atoms with Crippen LogP contribution in [0.4, 0.5) is 0 Å². The first-order valence-electron chi connectivity index (χ1n) is 7.36. The standard InChI is InChI=1S/C17H22N2O3/c1-13(15-8-5-11-22-15)19-12-17(20)18-10-9-14-6-3-4-7-16(14)21-2/h3-8,11,13,19H,9-10,12H2,1-2H3,(H,18,20)/t13-/m1/s1. The zero-order valence-electron chi connectivity index (χ0n) is 13.0. The summed E-state index contributed by atoms with van der Waals surface area (Å²) < 4.78 is 10.6. The molecule has 1 amide bonds. The van der Waals surface area contributed by atoms with E-state index in [-0.39, 0.29) is 18.5 Å². The maximum absolute atomic E-state index is 11.8. The molecule has 0 saturated carbocycles. The summed E-state index contributed by atoms with van der Waals surface area (Å²) in [4.78, 5) is 11.8. The van der Waals surface area contributed by atoms with Gasteiger partial charge in [0.25, 0.3) is 0 Å². The van der Waals surface area contributed by atoms with Crippen LogP contribution in [0, 0.1) is 0 Å². The van der Waals surface area contributed by atoms with Gasteiger partial charge in [-0.15, -0.1) is 0 Å². The van der Waals surface area contributed by atoms with Crippen LogP contribution in [0.15, 0.2) is 47.1 Å². The zero-order valence-corrected chi connectivity index (χ0v) is 13.0. The van der Waals surface area contributed by atoms with Gasteiger partial charge in [-0.1, -0.05) is 18.2 Å². The van der Waals surface area contributed by atoms with E-state index in [4.69, 9.17) is 9.15 Å². The Kier molecular flexibility index (Phi) is 6.03. The maximum atomic E-state index is 11.8. The van der Waals surface area contributed by atoms with Crippen molar-refractivity contribution in [2.75, 3.05) is 20.2 Å². The van der Waals surface area contributed by atoms with Gasteiger partial charge in [0.15, 0.2) is 0 Å². The van der Waals surface area contributed by atoms with Gasteiger partial charge in [-0.25, -0.2) is 0 Å². The van der Waals surface area contributed by atoms with E-state index in [2.05, 4.69) is 10.6 Å². The number of para-hydroxylation sites is 1. The second kappa shape index (κ2) is 8.24. The highest BCUT2D eigenvalue weighted by Gasteiger charge is 2.09. The average molecular weight is 302 g/mol. The van der Waals surface area contributed by atoms with E-state index in [0.717, 1.165) is 23.5 Å². The summed E-state index contributed by atoms with van der Waals surface area (Å²) in [5.74, 6) is 1.64. The Morgan fingerprint density at radius 1 is 1.27 bits per heavy atom. The van der Waals surface area contributed by atoms with Crippen LogP contribution in [0.1, 0.15) is 24.3 Å². The molecule has 0 aliphatic heterocycles. The minimum Gasteiger partial charge on any atom is -0.496 e. The van der Waals surface area contributed by atoms with Crippen LogP contribution >= 0.6 is 0 Å². The van der Waals surface area contributed by atoms with Crippen molar-refractivity contribution in [2.45, 2.75) is 19.4 Å².